The van der Waals surface area contributed by atoms with Crippen LogP contribution in [0.3, 0.4) is 0 Å². The van der Waals surface area contributed by atoms with Crippen molar-refractivity contribution in [1.29, 1.82) is 0 Å². The van der Waals surface area contributed by atoms with Crippen molar-refractivity contribution < 1.29 is 12.6 Å². The van der Waals surface area contributed by atoms with Crippen molar-refractivity contribution in [2.45, 2.75) is 6.92 Å². The molecule has 0 aliphatic carbocycles. The van der Waals surface area contributed by atoms with E-state index in [2.05, 4.69) is 4.18 Å². The Morgan fingerprint density at radius 1 is 1.57 bits per heavy atom. The number of rotatable bonds is 2. The van der Waals surface area contributed by atoms with E-state index in [0.717, 1.165) is 6.61 Å². The molecule has 1 radical (unpaired) electrons. The molecule has 3 nitrogen and oxygen atoms in total. The fraction of sp³-hybridized carbons (Fsp3) is 0.500. The predicted molar refractivity (Wildman–Crippen MR) is 28.5 cm³/mol. The Bertz CT molecular complexity index is 80.9. The summed E-state index contributed by atoms with van der Waals surface area (Å²) in [6, 6.07) is 0. The van der Waals surface area contributed by atoms with Crippen molar-refractivity contribution in [1.82, 2.24) is 0 Å². The quantitative estimate of drug-likeness (QED) is 0.390. The molecule has 0 aromatic rings. The van der Waals surface area contributed by atoms with Gasteiger partial charge in [0.1, 0.15) is 6.61 Å². The molecule has 0 heterocycles. The monoisotopic (exact) mass is 133 g/mol. The number of hydrogen-bond acceptors (Lipinski definition) is 3. The molecule has 0 saturated heterocycles. The van der Waals surface area contributed by atoms with Gasteiger partial charge in [-0.3, -0.25) is 4.18 Å². The third-order valence-electron chi connectivity index (χ3n) is 0.191. The average molecular weight is 133 g/mol. The first-order chi connectivity index (χ1) is 2.77. The molecule has 0 atom stereocenters. The van der Waals surface area contributed by atoms with E-state index in [1.165, 1.54) is 6.92 Å². The number of thiol groups is 1. The van der Waals surface area contributed by atoms with Crippen LogP contribution in [-0.4, -0.2) is 38.0 Å². The molecule has 0 bridgehead atoms. The van der Waals surface area contributed by atoms with Gasteiger partial charge in [-0.25, -0.2) is 8.42 Å². The fourth-order valence-corrected chi connectivity index (χ4v) is 0.258. The minimum absolute atomic E-state index is 0. The van der Waals surface area contributed by atoms with E-state index < -0.39 is 11.0 Å². The second kappa shape index (κ2) is 6.91. The van der Waals surface area contributed by atoms with Gasteiger partial charge < -0.3 is 0 Å². The van der Waals surface area contributed by atoms with Crippen LogP contribution in [0, 0.1) is 6.61 Å². The molecule has 0 N–H and O–H groups in total. The molecule has 0 fully saturated rings. The van der Waals surface area contributed by atoms with Crippen LogP contribution in [0.15, 0.2) is 0 Å². The summed E-state index contributed by atoms with van der Waals surface area (Å²) in [7, 11) is -2.66. The van der Waals surface area contributed by atoms with Crippen LogP contribution < -0.4 is 0 Å². The Morgan fingerprint density at radius 2 is 2.00 bits per heavy atom. The molecule has 0 aliphatic rings. The molecule has 7 heavy (non-hydrogen) atoms. The van der Waals surface area contributed by atoms with Crippen LogP contribution >= 0.6 is 0 Å². The summed E-state index contributed by atoms with van der Waals surface area (Å²) in [6.45, 7) is 2.59. The second-order valence-electron chi connectivity index (χ2n) is 0.565. The molecule has 0 aromatic heterocycles. The average Bonchev–Trinajstić information content (AvgIpc) is 1.35. The first-order valence-corrected chi connectivity index (χ1v) is 2.46. The Hall–Kier alpha value is 0.910. The van der Waals surface area contributed by atoms with Crippen molar-refractivity contribution in [3.63, 3.8) is 0 Å². The van der Waals surface area contributed by atoms with Crippen molar-refractivity contribution in [2.24, 2.45) is 0 Å². The van der Waals surface area contributed by atoms with E-state index in [-0.39, 0.29) is 29.6 Å². The molecule has 0 aliphatic heterocycles. The summed E-state index contributed by atoms with van der Waals surface area (Å²) in [5, 5.41) is 0. The summed E-state index contributed by atoms with van der Waals surface area (Å²) < 4.78 is 22.6. The van der Waals surface area contributed by atoms with E-state index in [4.69, 9.17) is 0 Å². The van der Waals surface area contributed by atoms with Crippen LogP contribution in [0.1, 0.15) is 6.92 Å². The molecule has 5 heteroatoms. The maximum absolute atomic E-state index is 9.38. The molecular formula is C2H6NaO3S. The van der Waals surface area contributed by atoms with E-state index in [1.54, 1.807) is 0 Å². The predicted octanol–water partition coefficient (Wildman–Crippen LogP) is -0.937. The molecular weight excluding hydrogens is 127 g/mol. The van der Waals surface area contributed by atoms with Gasteiger partial charge in [-0.05, 0) is 6.92 Å². The Balaban J connectivity index is 0. The zero-order valence-corrected chi connectivity index (χ0v) is 4.14. The van der Waals surface area contributed by atoms with Gasteiger partial charge in [-0.2, -0.15) is 0 Å². The normalized spacial score (nSPS) is 8.29. The summed E-state index contributed by atoms with van der Waals surface area (Å²) in [5.41, 5.74) is 0. The van der Waals surface area contributed by atoms with Crippen LogP contribution in [-0.2, 0) is 15.2 Å². The summed E-state index contributed by atoms with van der Waals surface area (Å²) in [5.74, 6) is 0. The van der Waals surface area contributed by atoms with Gasteiger partial charge in [-0.1, -0.05) is 0 Å². The van der Waals surface area contributed by atoms with Gasteiger partial charge in [0.15, 0.2) is 0 Å². The third kappa shape index (κ3) is 10.9. The summed E-state index contributed by atoms with van der Waals surface area (Å²) >= 11 is 0. The molecule has 0 saturated carbocycles. The van der Waals surface area contributed by atoms with E-state index in [9.17, 15) is 8.42 Å². The topological polar surface area (TPSA) is 43.4 Å². The van der Waals surface area contributed by atoms with E-state index in [0.29, 0.717) is 0 Å². The third-order valence-corrected chi connectivity index (χ3v) is 0.574. The molecule has 0 amide bonds. The fourth-order valence-electron chi connectivity index (χ4n) is 0.0861. The van der Waals surface area contributed by atoms with Crippen molar-refractivity contribution in [2.75, 3.05) is 0 Å². The Kier molecular flexibility index (Phi) is 10.7. The van der Waals surface area contributed by atoms with Gasteiger partial charge in [0.2, 0.25) is 0 Å². The van der Waals surface area contributed by atoms with Gasteiger partial charge >= 0.3 is 29.6 Å². The Morgan fingerprint density at radius 3 is 2.00 bits per heavy atom. The maximum atomic E-state index is 9.38. The van der Waals surface area contributed by atoms with Crippen LogP contribution in [0.2, 0.25) is 0 Å². The zero-order chi connectivity index (χ0) is 4.99. The zero-order valence-electron chi connectivity index (χ0n) is 3.25. The van der Waals surface area contributed by atoms with Gasteiger partial charge in [0.25, 0.3) is 11.0 Å². The van der Waals surface area contributed by atoms with Gasteiger partial charge in [0.05, 0.1) is 0 Å². The van der Waals surface area contributed by atoms with E-state index in [1.807, 2.05) is 0 Å². The molecule has 39 valence electrons. The molecule has 0 rings (SSSR count). The first kappa shape index (κ1) is 10.8. The minimum atomic E-state index is -2.66. The number of hydrogen-bond donors (Lipinski definition) is 1. The summed E-state index contributed by atoms with van der Waals surface area (Å²) in [4.78, 5) is 0. The first-order valence-electron chi connectivity index (χ1n) is 1.36. The standard InChI is InChI=1S/C2H5O3S.Na.H/c1-2-5-6(3)4;;/h2,6H,1H3;;. The van der Waals surface area contributed by atoms with Crippen LogP contribution in [0.5, 0.6) is 0 Å². The van der Waals surface area contributed by atoms with Crippen molar-refractivity contribution in [3.8, 4) is 0 Å². The second-order valence-corrected chi connectivity index (χ2v) is 1.22. The van der Waals surface area contributed by atoms with Crippen molar-refractivity contribution in [3.05, 3.63) is 6.61 Å². The molecule has 0 aromatic carbocycles. The van der Waals surface area contributed by atoms with Crippen LogP contribution in [0.4, 0.5) is 0 Å². The van der Waals surface area contributed by atoms with Gasteiger partial charge in [0, 0.05) is 0 Å². The van der Waals surface area contributed by atoms with E-state index >= 15 is 0 Å². The molecule has 0 unspecified atom stereocenters. The SMILES string of the molecule is C[CH]O[SH](=O)=O.[NaH]. The van der Waals surface area contributed by atoms with Crippen LogP contribution in [0.25, 0.3) is 0 Å². The Labute approximate surface area is 66.5 Å². The van der Waals surface area contributed by atoms with Crippen molar-refractivity contribution >= 4 is 40.5 Å². The van der Waals surface area contributed by atoms with Gasteiger partial charge in [-0.15, -0.1) is 0 Å². The summed E-state index contributed by atoms with van der Waals surface area (Å²) in [6.07, 6.45) is 0. The molecule has 0 spiro atoms.